The van der Waals surface area contributed by atoms with E-state index in [0.717, 1.165) is 0 Å². The summed E-state index contributed by atoms with van der Waals surface area (Å²) in [6.07, 6.45) is 3.41. The van der Waals surface area contributed by atoms with Crippen molar-refractivity contribution in [2.45, 2.75) is 0 Å². The molecule has 3 aromatic rings. The number of rotatable bonds is 3. The summed E-state index contributed by atoms with van der Waals surface area (Å²) < 4.78 is 13.1. The second-order valence-electron chi connectivity index (χ2n) is 4.73. The Morgan fingerprint density at radius 1 is 1.05 bits per heavy atom. The average Bonchev–Trinajstić information content (AvgIpc) is 2.52. The molecule has 1 aromatic heterocycles. The molecule has 0 aliphatic carbocycles. The molecule has 4 nitrogen and oxygen atoms in total. The number of fused-ring (bicyclic) bond motifs is 1. The van der Waals surface area contributed by atoms with Gasteiger partial charge in [-0.3, -0.25) is 10.1 Å². The zero-order chi connectivity index (χ0) is 15.5. The number of halogens is 1. The normalized spacial score (nSPS) is 11.1. The highest BCUT2D eigenvalue weighted by molar-refractivity contribution is 5.88. The Bertz CT molecular complexity index is 891. The summed E-state index contributed by atoms with van der Waals surface area (Å²) in [5, 5.41) is 11.8. The molecule has 0 amide bonds. The van der Waals surface area contributed by atoms with E-state index in [1.54, 1.807) is 48.6 Å². The predicted octanol–water partition coefficient (Wildman–Crippen LogP) is 4.45. The molecule has 5 heteroatoms. The first-order chi connectivity index (χ1) is 10.6. The maximum atomic E-state index is 13.1. The van der Waals surface area contributed by atoms with Crippen LogP contribution in [0.25, 0.3) is 23.1 Å². The predicted molar refractivity (Wildman–Crippen MR) is 83.7 cm³/mol. The molecule has 0 N–H and O–H groups in total. The number of pyridine rings is 1. The van der Waals surface area contributed by atoms with Crippen molar-refractivity contribution in [1.29, 1.82) is 0 Å². The van der Waals surface area contributed by atoms with Gasteiger partial charge in [0.2, 0.25) is 0 Å². The Labute approximate surface area is 125 Å². The maximum Gasteiger partial charge on any atom is 0.295 e. The van der Waals surface area contributed by atoms with Crippen molar-refractivity contribution in [3.63, 3.8) is 0 Å². The van der Waals surface area contributed by atoms with Gasteiger partial charge in [0, 0.05) is 11.5 Å². The van der Waals surface area contributed by atoms with Crippen LogP contribution in [0.1, 0.15) is 11.3 Å². The van der Waals surface area contributed by atoms with Crippen molar-refractivity contribution in [3.05, 3.63) is 81.8 Å². The van der Waals surface area contributed by atoms with Crippen LogP contribution in [-0.4, -0.2) is 9.91 Å². The molecule has 0 saturated carbocycles. The van der Waals surface area contributed by atoms with Crippen LogP contribution in [0.2, 0.25) is 0 Å². The number of non-ortho nitro benzene ring substituents is 1. The third-order valence-corrected chi connectivity index (χ3v) is 3.21. The molecule has 3 rings (SSSR count). The molecule has 0 radical (unpaired) electrons. The van der Waals surface area contributed by atoms with Gasteiger partial charge in [0.1, 0.15) is 11.3 Å². The van der Waals surface area contributed by atoms with Crippen molar-refractivity contribution in [1.82, 2.24) is 4.98 Å². The number of nitrogens with zero attached hydrogens (tertiary/aromatic N) is 2. The highest BCUT2D eigenvalue weighted by Crippen LogP contribution is 2.24. The lowest BCUT2D eigenvalue weighted by Crippen LogP contribution is -1.92. The molecule has 0 saturated heterocycles. The molecule has 0 fully saturated rings. The molecule has 0 aliphatic heterocycles. The van der Waals surface area contributed by atoms with E-state index < -0.39 is 4.92 Å². The Morgan fingerprint density at radius 3 is 2.64 bits per heavy atom. The van der Waals surface area contributed by atoms with Crippen LogP contribution in [0.4, 0.5) is 10.1 Å². The number of hydrogen-bond donors (Lipinski definition) is 0. The fourth-order valence-electron chi connectivity index (χ4n) is 2.18. The average molecular weight is 294 g/mol. The Kier molecular flexibility index (Phi) is 3.62. The highest BCUT2D eigenvalue weighted by atomic mass is 19.1. The topological polar surface area (TPSA) is 56.0 Å². The van der Waals surface area contributed by atoms with Gasteiger partial charge in [0.15, 0.2) is 0 Å². The van der Waals surface area contributed by atoms with Gasteiger partial charge in [-0.05, 0) is 29.8 Å². The number of aromatic nitrogens is 1. The largest absolute Gasteiger partial charge is 0.295 e. The van der Waals surface area contributed by atoms with Crippen LogP contribution in [-0.2, 0) is 0 Å². The van der Waals surface area contributed by atoms with Crippen LogP contribution >= 0.6 is 0 Å². The molecular weight excluding hydrogens is 283 g/mol. The van der Waals surface area contributed by atoms with Crippen LogP contribution in [0.15, 0.2) is 54.6 Å². The first-order valence-electron chi connectivity index (χ1n) is 6.61. The molecule has 1 heterocycles. The number of nitro groups is 1. The molecule has 0 bridgehead atoms. The molecule has 2 aromatic carbocycles. The monoisotopic (exact) mass is 294 g/mol. The van der Waals surface area contributed by atoms with Crippen LogP contribution in [0.3, 0.4) is 0 Å². The summed E-state index contributed by atoms with van der Waals surface area (Å²) in [5.74, 6) is -0.316. The number of nitro benzene ring substituents is 1. The van der Waals surface area contributed by atoms with Gasteiger partial charge in [-0.25, -0.2) is 9.37 Å². The summed E-state index contributed by atoms with van der Waals surface area (Å²) in [5.41, 5.74) is 1.59. The summed E-state index contributed by atoms with van der Waals surface area (Å²) in [4.78, 5) is 14.9. The smallest absolute Gasteiger partial charge is 0.258 e. The van der Waals surface area contributed by atoms with Crippen molar-refractivity contribution in [3.8, 4) is 0 Å². The van der Waals surface area contributed by atoms with E-state index in [1.807, 2.05) is 0 Å². The summed E-state index contributed by atoms with van der Waals surface area (Å²) in [6, 6.07) is 14.5. The first-order valence-corrected chi connectivity index (χ1v) is 6.61. The minimum absolute atomic E-state index is 0.0292. The van der Waals surface area contributed by atoms with Crippen molar-refractivity contribution in [2.75, 3.05) is 0 Å². The van der Waals surface area contributed by atoms with Gasteiger partial charge in [-0.15, -0.1) is 0 Å². The van der Waals surface area contributed by atoms with Crippen LogP contribution < -0.4 is 0 Å². The lowest BCUT2D eigenvalue weighted by atomic mass is 10.1. The van der Waals surface area contributed by atoms with E-state index in [2.05, 4.69) is 4.98 Å². The molecule has 108 valence electrons. The van der Waals surface area contributed by atoms with E-state index in [9.17, 15) is 14.5 Å². The van der Waals surface area contributed by atoms with Gasteiger partial charge in [-0.1, -0.05) is 36.4 Å². The summed E-state index contributed by atoms with van der Waals surface area (Å²) in [6.45, 7) is 0. The van der Waals surface area contributed by atoms with Gasteiger partial charge < -0.3 is 0 Å². The van der Waals surface area contributed by atoms with Gasteiger partial charge in [-0.2, -0.15) is 0 Å². The van der Waals surface area contributed by atoms with Crippen LogP contribution in [0.5, 0.6) is 0 Å². The molecule has 22 heavy (non-hydrogen) atoms. The number of benzene rings is 2. The van der Waals surface area contributed by atoms with E-state index >= 15 is 0 Å². The molecule has 0 unspecified atom stereocenters. The zero-order valence-electron chi connectivity index (χ0n) is 11.4. The van der Waals surface area contributed by atoms with Crippen LogP contribution in [0, 0.1) is 15.9 Å². The number of hydrogen-bond acceptors (Lipinski definition) is 3. The van der Waals surface area contributed by atoms with Crippen molar-refractivity contribution in [2.24, 2.45) is 0 Å². The highest BCUT2D eigenvalue weighted by Gasteiger charge is 2.12. The second kappa shape index (κ2) is 5.73. The van der Waals surface area contributed by atoms with E-state index in [0.29, 0.717) is 22.2 Å². The minimum atomic E-state index is -0.449. The second-order valence-corrected chi connectivity index (χ2v) is 4.73. The van der Waals surface area contributed by atoms with Gasteiger partial charge in [0.05, 0.1) is 10.6 Å². The minimum Gasteiger partial charge on any atom is -0.258 e. The SMILES string of the molecule is O=[N+]([O-])c1cccc2ccc(C=Cc3cccc(F)c3)nc12. The molecule has 0 atom stereocenters. The molecule has 0 aliphatic rings. The summed E-state index contributed by atoms with van der Waals surface area (Å²) >= 11 is 0. The first kappa shape index (κ1) is 13.9. The zero-order valence-corrected chi connectivity index (χ0v) is 11.4. The standard InChI is InChI=1S/C17H11FN2O2/c18-14-5-1-3-12(11-14)7-9-15-10-8-13-4-2-6-16(20(21)22)17(13)19-15/h1-11H. The Balaban J connectivity index is 2.01. The van der Waals surface area contributed by atoms with Crippen molar-refractivity contribution >= 4 is 28.7 Å². The summed E-state index contributed by atoms with van der Waals surface area (Å²) in [7, 11) is 0. The molecular formula is C17H11FN2O2. The third-order valence-electron chi connectivity index (χ3n) is 3.21. The van der Waals surface area contributed by atoms with Gasteiger partial charge >= 0.3 is 0 Å². The number of para-hydroxylation sites is 1. The fourth-order valence-corrected chi connectivity index (χ4v) is 2.18. The van der Waals surface area contributed by atoms with Crippen molar-refractivity contribution < 1.29 is 9.31 Å². The van der Waals surface area contributed by atoms with E-state index in [4.69, 9.17) is 0 Å². The quantitative estimate of drug-likeness (QED) is 0.529. The Hall–Kier alpha value is -3.08. The van der Waals surface area contributed by atoms with E-state index in [-0.39, 0.29) is 11.5 Å². The van der Waals surface area contributed by atoms with E-state index in [1.165, 1.54) is 18.2 Å². The fraction of sp³-hybridized carbons (Fsp3) is 0. The molecule has 0 spiro atoms. The maximum absolute atomic E-state index is 13.1. The lowest BCUT2D eigenvalue weighted by molar-refractivity contribution is -0.383. The third kappa shape index (κ3) is 2.83. The van der Waals surface area contributed by atoms with Gasteiger partial charge in [0.25, 0.3) is 5.69 Å². The Morgan fingerprint density at radius 2 is 1.86 bits per heavy atom. The lowest BCUT2D eigenvalue weighted by Gasteiger charge is -2.00.